The van der Waals surface area contributed by atoms with E-state index in [1.807, 2.05) is 0 Å². The third kappa shape index (κ3) is 6.32. The van der Waals surface area contributed by atoms with Crippen molar-refractivity contribution in [1.29, 1.82) is 0 Å². The summed E-state index contributed by atoms with van der Waals surface area (Å²) < 4.78 is 0. The average molecular weight is 171 g/mol. The second-order valence-electron chi connectivity index (χ2n) is 3.79. The van der Waals surface area contributed by atoms with Crippen LogP contribution in [0.3, 0.4) is 0 Å². The van der Waals surface area contributed by atoms with Crippen molar-refractivity contribution in [2.75, 3.05) is 6.54 Å². The van der Waals surface area contributed by atoms with Gasteiger partial charge >= 0.3 is 0 Å². The normalized spacial score (nSPS) is 11.5. The predicted molar refractivity (Wildman–Crippen MR) is 55.4 cm³/mol. The van der Waals surface area contributed by atoms with Crippen LogP contribution < -0.4 is 5.73 Å². The van der Waals surface area contributed by atoms with Crippen molar-refractivity contribution in [3.8, 4) is 0 Å². The van der Waals surface area contributed by atoms with E-state index in [0.717, 1.165) is 6.54 Å². The van der Waals surface area contributed by atoms with E-state index in [0.29, 0.717) is 0 Å². The summed E-state index contributed by atoms with van der Waals surface area (Å²) in [5.74, 6) is 0. The van der Waals surface area contributed by atoms with Crippen molar-refractivity contribution in [1.82, 2.24) is 0 Å². The molecule has 0 aliphatic carbocycles. The number of rotatable bonds is 6. The van der Waals surface area contributed by atoms with E-state index in [2.05, 4.69) is 25.4 Å². The first-order valence-corrected chi connectivity index (χ1v) is 7.74. The highest BCUT2D eigenvalue weighted by molar-refractivity contribution is 6.82. The predicted octanol–water partition coefficient (Wildman–Crippen LogP) is 2.55. The van der Waals surface area contributed by atoms with E-state index in [1.165, 1.54) is 25.3 Å². The van der Waals surface area contributed by atoms with Gasteiger partial charge in [-0.25, -0.2) is 0 Å². The smallest absolute Gasteiger partial charge is 0.0709 e. The van der Waals surface area contributed by atoms with Crippen LogP contribution in [0.25, 0.3) is 0 Å². The minimum atomic E-state index is -1.00. The summed E-state index contributed by atoms with van der Waals surface area (Å²) in [6.45, 7) is 9.44. The lowest BCUT2D eigenvalue weighted by Crippen LogP contribution is -2.21. The van der Waals surface area contributed by atoms with Crippen molar-refractivity contribution in [2.45, 2.75) is 38.4 Å². The maximum Gasteiger partial charge on any atom is 0.0709 e. The molecular weight excluding hydrogens is 150 g/mol. The van der Waals surface area contributed by atoms with Crippen LogP contribution in [0.5, 0.6) is 0 Å². The maximum atomic E-state index is 5.40. The van der Waals surface area contributed by atoms with E-state index in [1.54, 1.807) is 0 Å². The Labute approximate surface area is 71.7 Å². The van der Waals surface area contributed by atoms with Gasteiger partial charge in [-0.1, -0.05) is 32.0 Å². The monoisotopic (exact) mass is 171 g/mol. The summed E-state index contributed by atoms with van der Waals surface area (Å²) >= 11 is 0. The van der Waals surface area contributed by atoms with E-state index < -0.39 is 8.07 Å². The van der Waals surface area contributed by atoms with Crippen LogP contribution in [0.2, 0.25) is 19.1 Å². The Hall–Kier alpha value is -0.0831. The number of unbranched alkanes of at least 4 members (excludes halogenated alkanes) is 2. The third-order valence-corrected chi connectivity index (χ3v) is 4.83. The van der Waals surface area contributed by atoms with Gasteiger partial charge in [-0.05, 0) is 13.0 Å². The standard InChI is InChI=1S/C9H21NSi/c1-4-11(2,3)9-7-5-6-8-10/h4H,1,5-10H2,2-3H3. The third-order valence-electron chi connectivity index (χ3n) is 2.08. The summed E-state index contributed by atoms with van der Waals surface area (Å²) in [7, 11) is -1.00. The van der Waals surface area contributed by atoms with Gasteiger partial charge in [-0.2, -0.15) is 0 Å². The van der Waals surface area contributed by atoms with Crippen molar-refractivity contribution in [2.24, 2.45) is 5.73 Å². The van der Waals surface area contributed by atoms with Gasteiger partial charge in [0, 0.05) is 0 Å². The minimum absolute atomic E-state index is 0.843. The van der Waals surface area contributed by atoms with E-state index in [4.69, 9.17) is 5.73 Å². The van der Waals surface area contributed by atoms with E-state index in [-0.39, 0.29) is 0 Å². The Morgan fingerprint density at radius 2 is 1.91 bits per heavy atom. The molecule has 0 aromatic carbocycles. The van der Waals surface area contributed by atoms with Crippen molar-refractivity contribution >= 4 is 8.07 Å². The molecule has 0 amide bonds. The molecule has 0 spiro atoms. The molecule has 0 aliphatic rings. The second kappa shape index (κ2) is 5.55. The SMILES string of the molecule is C=C[Si](C)(C)CCCCCN. The maximum absolute atomic E-state index is 5.40. The molecule has 0 atom stereocenters. The highest BCUT2D eigenvalue weighted by atomic mass is 28.3. The molecular formula is C9H21NSi. The molecule has 0 heterocycles. The van der Waals surface area contributed by atoms with Gasteiger partial charge in [-0.15, -0.1) is 12.3 Å². The zero-order chi connectivity index (χ0) is 8.74. The second-order valence-corrected chi connectivity index (χ2v) is 8.68. The van der Waals surface area contributed by atoms with E-state index in [9.17, 15) is 0 Å². The molecule has 0 aromatic rings. The molecule has 0 radical (unpaired) electrons. The Balaban J connectivity index is 3.30. The lowest BCUT2D eigenvalue weighted by atomic mass is 10.2. The van der Waals surface area contributed by atoms with Crippen molar-refractivity contribution in [3.63, 3.8) is 0 Å². The molecule has 0 rings (SSSR count). The molecule has 0 bridgehead atoms. The Bertz CT molecular complexity index is 110. The van der Waals surface area contributed by atoms with Crippen LogP contribution in [-0.4, -0.2) is 14.6 Å². The molecule has 0 unspecified atom stereocenters. The summed E-state index contributed by atoms with van der Waals surface area (Å²) in [6, 6.07) is 1.37. The molecule has 66 valence electrons. The van der Waals surface area contributed by atoms with Crippen LogP contribution in [0.15, 0.2) is 12.3 Å². The van der Waals surface area contributed by atoms with Crippen LogP contribution >= 0.6 is 0 Å². The summed E-state index contributed by atoms with van der Waals surface area (Å²) in [6.07, 6.45) is 3.81. The zero-order valence-electron chi connectivity index (χ0n) is 7.90. The van der Waals surface area contributed by atoms with Crippen LogP contribution in [0.1, 0.15) is 19.3 Å². The van der Waals surface area contributed by atoms with Gasteiger partial charge < -0.3 is 5.73 Å². The molecule has 2 heteroatoms. The summed E-state index contributed by atoms with van der Waals surface area (Å²) in [5, 5.41) is 0. The van der Waals surface area contributed by atoms with E-state index >= 15 is 0 Å². The van der Waals surface area contributed by atoms with Crippen molar-refractivity contribution in [3.05, 3.63) is 12.3 Å². The molecule has 11 heavy (non-hydrogen) atoms. The first-order chi connectivity index (χ1) is 5.12. The zero-order valence-corrected chi connectivity index (χ0v) is 8.90. The fraction of sp³-hybridized carbons (Fsp3) is 0.778. The van der Waals surface area contributed by atoms with Gasteiger partial charge in [-0.3, -0.25) is 0 Å². The lowest BCUT2D eigenvalue weighted by Gasteiger charge is -2.16. The van der Waals surface area contributed by atoms with Crippen LogP contribution in [-0.2, 0) is 0 Å². The quantitative estimate of drug-likeness (QED) is 0.482. The van der Waals surface area contributed by atoms with Gasteiger partial charge in [0.15, 0.2) is 0 Å². The topological polar surface area (TPSA) is 26.0 Å². The first kappa shape index (κ1) is 10.9. The summed E-state index contributed by atoms with van der Waals surface area (Å²) in [4.78, 5) is 0. The van der Waals surface area contributed by atoms with Crippen LogP contribution in [0.4, 0.5) is 0 Å². The molecule has 2 N–H and O–H groups in total. The Morgan fingerprint density at radius 3 is 2.36 bits per heavy atom. The highest BCUT2D eigenvalue weighted by Crippen LogP contribution is 2.14. The summed E-state index contributed by atoms with van der Waals surface area (Å²) in [5.41, 5.74) is 7.58. The molecule has 0 aromatic heterocycles. The first-order valence-electron chi connectivity index (χ1n) is 4.46. The molecule has 0 saturated heterocycles. The number of hydrogen-bond donors (Lipinski definition) is 1. The van der Waals surface area contributed by atoms with Gasteiger partial charge in [0.25, 0.3) is 0 Å². The number of hydrogen-bond acceptors (Lipinski definition) is 1. The fourth-order valence-electron chi connectivity index (χ4n) is 1.00. The molecule has 0 fully saturated rings. The lowest BCUT2D eigenvalue weighted by molar-refractivity contribution is 0.722. The minimum Gasteiger partial charge on any atom is -0.330 e. The van der Waals surface area contributed by atoms with Crippen LogP contribution in [0, 0.1) is 0 Å². The Kier molecular flexibility index (Phi) is 5.51. The largest absolute Gasteiger partial charge is 0.330 e. The fourth-order valence-corrected chi connectivity index (χ4v) is 2.37. The molecule has 1 nitrogen and oxygen atoms in total. The van der Waals surface area contributed by atoms with Gasteiger partial charge in [0.2, 0.25) is 0 Å². The van der Waals surface area contributed by atoms with Gasteiger partial charge in [0.1, 0.15) is 0 Å². The van der Waals surface area contributed by atoms with Crippen molar-refractivity contribution < 1.29 is 0 Å². The molecule has 0 saturated carbocycles. The number of nitrogens with two attached hydrogens (primary N) is 1. The van der Waals surface area contributed by atoms with Gasteiger partial charge in [0.05, 0.1) is 8.07 Å². The molecule has 0 aliphatic heterocycles. The Morgan fingerprint density at radius 1 is 1.27 bits per heavy atom. The average Bonchev–Trinajstić information content (AvgIpc) is 1.99. The highest BCUT2D eigenvalue weighted by Gasteiger charge is 2.13.